The van der Waals surface area contributed by atoms with E-state index in [-0.39, 0.29) is 57.8 Å². The van der Waals surface area contributed by atoms with Crippen molar-refractivity contribution in [2.45, 2.75) is 46.0 Å². The first kappa shape index (κ1) is 71.5. The molecule has 0 spiro atoms. The molecule has 0 aromatic heterocycles. The Morgan fingerprint density at radius 3 is 0.900 bits per heavy atom. The van der Waals surface area contributed by atoms with Gasteiger partial charge < -0.3 is 47.4 Å². The number of rotatable bonds is 4. The van der Waals surface area contributed by atoms with Crippen LogP contribution in [0, 0.1) is 0 Å². The smallest absolute Gasteiger partial charge is 0.759 e. The molecule has 0 radical (unpaired) electrons. The predicted octanol–water partition coefficient (Wildman–Crippen LogP) is -4.14. The van der Waals surface area contributed by atoms with Crippen LogP contribution in [0.25, 0.3) is 0 Å². The van der Waals surface area contributed by atoms with Gasteiger partial charge in [0, 0.05) is 10.4 Å². The Balaban J connectivity index is -0.00000000910. The summed E-state index contributed by atoms with van der Waals surface area (Å²) in [6.45, 7) is 4.49. The molecular formula is C7H30O11SZn. The summed E-state index contributed by atoms with van der Waals surface area (Å²) >= 11 is 0. The maximum atomic E-state index is 8.52. The van der Waals surface area contributed by atoms with Gasteiger partial charge >= 0.3 is 19.5 Å². The fourth-order valence-corrected chi connectivity index (χ4v) is 0.677. The van der Waals surface area contributed by atoms with Gasteiger partial charge in [0.25, 0.3) is 0 Å². The zero-order valence-corrected chi connectivity index (χ0v) is 15.6. The van der Waals surface area contributed by atoms with Gasteiger partial charge in [0.2, 0.25) is 0 Å². The van der Waals surface area contributed by atoms with E-state index >= 15 is 0 Å². The molecule has 14 N–H and O–H groups in total. The molecule has 0 atom stereocenters. The van der Waals surface area contributed by atoms with Crippen LogP contribution in [0.4, 0.5) is 0 Å². The molecule has 0 aliphatic carbocycles. The molecule has 0 saturated carbocycles. The first-order valence-corrected chi connectivity index (χ1v) is 5.41. The van der Waals surface area contributed by atoms with Crippen LogP contribution in [0.3, 0.4) is 0 Å². The standard InChI is InChI=1S/C7H16.H2O4S.7H2O.Zn/c1-3-5-7-6-4-2;1-5(2,3)4;;;;;;;;/h3-7H2,1-2H3;(H2,1,2,3,4);7*1H2;/q;;;;;;;;;+2/p-2. The van der Waals surface area contributed by atoms with E-state index in [1.54, 1.807) is 0 Å². The van der Waals surface area contributed by atoms with Crippen LogP contribution in [-0.4, -0.2) is 55.9 Å². The third kappa shape index (κ3) is 304. The molecule has 0 rings (SSSR count). The minimum absolute atomic E-state index is 0. The van der Waals surface area contributed by atoms with Crippen molar-refractivity contribution in [3.63, 3.8) is 0 Å². The molecule has 11 nitrogen and oxygen atoms in total. The molecule has 0 heterocycles. The summed E-state index contributed by atoms with van der Waals surface area (Å²) in [6.07, 6.45) is 7.01. The normalized spacial score (nSPS) is 6.20. The molecule has 0 fully saturated rings. The van der Waals surface area contributed by atoms with E-state index in [0.29, 0.717) is 0 Å². The van der Waals surface area contributed by atoms with Crippen LogP contribution in [-0.2, 0) is 29.9 Å². The number of hydrogen-bond acceptors (Lipinski definition) is 4. The summed E-state index contributed by atoms with van der Waals surface area (Å²) in [5.74, 6) is 0. The van der Waals surface area contributed by atoms with Crippen LogP contribution in [0.15, 0.2) is 0 Å². The Labute approximate surface area is 132 Å². The van der Waals surface area contributed by atoms with E-state index in [9.17, 15) is 0 Å². The third-order valence-corrected chi connectivity index (χ3v) is 1.21. The average molecular weight is 388 g/mol. The van der Waals surface area contributed by atoms with Gasteiger partial charge in [-0.1, -0.05) is 46.0 Å². The third-order valence-electron chi connectivity index (χ3n) is 1.21. The Morgan fingerprint density at radius 2 is 0.800 bits per heavy atom. The van der Waals surface area contributed by atoms with Crippen LogP contribution >= 0.6 is 0 Å². The predicted molar refractivity (Wildman–Crippen MR) is 70.2 cm³/mol. The van der Waals surface area contributed by atoms with Gasteiger partial charge in [0.05, 0.1) is 0 Å². The summed E-state index contributed by atoms with van der Waals surface area (Å²) in [5, 5.41) is 0. The zero-order valence-electron chi connectivity index (χ0n) is 11.8. The number of hydrogen-bond donors (Lipinski definition) is 0. The van der Waals surface area contributed by atoms with Gasteiger partial charge in [0.15, 0.2) is 0 Å². The minimum atomic E-state index is -5.17. The topological polar surface area (TPSA) is 301 Å². The fraction of sp³-hybridized carbons (Fsp3) is 1.00. The molecule has 0 aliphatic rings. The van der Waals surface area contributed by atoms with Gasteiger partial charge in [-0.05, 0) is 0 Å². The molecule has 0 bridgehead atoms. The van der Waals surface area contributed by atoms with Crippen molar-refractivity contribution in [1.29, 1.82) is 0 Å². The van der Waals surface area contributed by atoms with E-state index in [2.05, 4.69) is 13.8 Å². The first-order chi connectivity index (χ1) is 5.41. The van der Waals surface area contributed by atoms with E-state index < -0.39 is 10.4 Å². The van der Waals surface area contributed by atoms with Crippen molar-refractivity contribution in [3.8, 4) is 0 Å². The second-order valence-corrected chi connectivity index (χ2v) is 3.29. The fourth-order valence-electron chi connectivity index (χ4n) is 0.677. The summed E-state index contributed by atoms with van der Waals surface area (Å²) in [5.41, 5.74) is 0. The van der Waals surface area contributed by atoms with E-state index in [1.807, 2.05) is 0 Å². The Kier molecular flexibility index (Phi) is 181. The van der Waals surface area contributed by atoms with Crippen molar-refractivity contribution in [3.05, 3.63) is 0 Å². The van der Waals surface area contributed by atoms with Gasteiger partial charge in [0.1, 0.15) is 0 Å². The van der Waals surface area contributed by atoms with E-state index in [1.165, 1.54) is 32.1 Å². The van der Waals surface area contributed by atoms with Crippen molar-refractivity contribution in [1.82, 2.24) is 0 Å². The Morgan fingerprint density at radius 1 is 0.650 bits per heavy atom. The van der Waals surface area contributed by atoms with Gasteiger partial charge in [-0.25, -0.2) is 0 Å². The maximum Gasteiger partial charge on any atom is 2.00 e. The van der Waals surface area contributed by atoms with Gasteiger partial charge in [-0.15, -0.1) is 0 Å². The quantitative estimate of drug-likeness (QED) is 0.200. The Bertz CT molecular complexity index is 164. The molecule has 0 unspecified atom stereocenters. The van der Waals surface area contributed by atoms with Gasteiger partial charge in [-0.3, -0.25) is 8.42 Å². The van der Waals surface area contributed by atoms with Gasteiger partial charge in [-0.2, -0.15) is 0 Å². The number of unbranched alkanes of at least 4 members (excludes halogenated alkanes) is 4. The van der Waals surface area contributed by atoms with E-state index in [0.717, 1.165) is 0 Å². The largest absolute Gasteiger partial charge is 2.00 e. The molecular weight excluding hydrogens is 358 g/mol. The molecule has 20 heavy (non-hydrogen) atoms. The maximum absolute atomic E-state index is 8.52. The van der Waals surface area contributed by atoms with Crippen LogP contribution < -0.4 is 0 Å². The second kappa shape index (κ2) is 50.7. The summed E-state index contributed by atoms with van der Waals surface area (Å²) in [7, 11) is -5.17. The zero-order chi connectivity index (χ0) is 10.0. The van der Waals surface area contributed by atoms with Crippen LogP contribution in [0.5, 0.6) is 0 Å². The van der Waals surface area contributed by atoms with Crippen LogP contribution in [0.1, 0.15) is 46.0 Å². The SMILES string of the molecule is CCCCCCC.O.O.O.O.O.O.O.O=S(=O)([O-])[O-].[Zn+2]. The molecule has 13 heteroatoms. The summed E-state index contributed by atoms with van der Waals surface area (Å²) in [4.78, 5) is 0. The monoisotopic (exact) mass is 386 g/mol. The van der Waals surface area contributed by atoms with Crippen molar-refractivity contribution in [2.24, 2.45) is 0 Å². The van der Waals surface area contributed by atoms with Crippen molar-refractivity contribution < 1.29 is 75.3 Å². The molecule has 132 valence electrons. The Hall–Kier alpha value is 0.213. The molecule has 0 aromatic carbocycles. The van der Waals surface area contributed by atoms with Crippen molar-refractivity contribution >= 4 is 10.4 Å². The first-order valence-electron chi connectivity index (χ1n) is 4.08. The van der Waals surface area contributed by atoms with Crippen molar-refractivity contribution in [2.75, 3.05) is 0 Å². The summed E-state index contributed by atoms with van der Waals surface area (Å²) in [6, 6.07) is 0. The van der Waals surface area contributed by atoms with E-state index in [4.69, 9.17) is 17.5 Å². The average Bonchev–Trinajstić information content (AvgIpc) is 1.85. The molecule has 0 amide bonds. The van der Waals surface area contributed by atoms with Crippen LogP contribution in [0.2, 0.25) is 0 Å². The minimum Gasteiger partial charge on any atom is -0.759 e. The molecule has 0 saturated heterocycles. The molecule has 0 aromatic rings. The second-order valence-electron chi connectivity index (χ2n) is 2.47. The summed E-state index contributed by atoms with van der Waals surface area (Å²) < 4.78 is 34.1. The molecule has 0 aliphatic heterocycles.